The normalized spacial score (nSPS) is 18.1. The lowest BCUT2D eigenvalue weighted by atomic mass is 9.93. The van der Waals surface area contributed by atoms with Crippen LogP contribution in [0.3, 0.4) is 0 Å². The van der Waals surface area contributed by atoms with Crippen molar-refractivity contribution >= 4 is 5.91 Å². The third-order valence-corrected chi connectivity index (χ3v) is 3.44. The van der Waals surface area contributed by atoms with Gasteiger partial charge in [-0.15, -0.1) is 0 Å². The van der Waals surface area contributed by atoms with Crippen LogP contribution in [-0.2, 0) is 9.53 Å². The van der Waals surface area contributed by atoms with Crippen LogP contribution in [0.5, 0.6) is 0 Å². The lowest BCUT2D eigenvalue weighted by Crippen LogP contribution is -2.38. The number of amides is 1. The minimum Gasteiger partial charge on any atom is -0.381 e. The average Bonchev–Trinajstić information content (AvgIpc) is 2.35. The fourth-order valence-electron chi connectivity index (χ4n) is 1.87. The molecule has 1 heterocycles. The molecule has 0 atom stereocenters. The lowest BCUT2D eigenvalue weighted by molar-refractivity contribution is -0.122. The first-order valence-electron chi connectivity index (χ1n) is 6.58. The van der Waals surface area contributed by atoms with E-state index in [1.54, 1.807) is 0 Å². The lowest BCUT2D eigenvalue weighted by Gasteiger charge is -2.24. The highest BCUT2D eigenvalue weighted by molar-refractivity contribution is 5.75. The first-order valence-corrected chi connectivity index (χ1v) is 6.58. The van der Waals surface area contributed by atoms with E-state index in [-0.39, 0.29) is 11.3 Å². The Labute approximate surface area is 104 Å². The number of hydrogen-bond acceptors (Lipinski definition) is 3. The molecule has 1 rings (SSSR count). The number of nitrogens with two attached hydrogens (primary N) is 1. The van der Waals surface area contributed by atoms with E-state index in [1.165, 1.54) is 0 Å². The molecular weight excluding hydrogens is 216 g/mol. The molecule has 1 saturated heterocycles. The maximum atomic E-state index is 11.7. The van der Waals surface area contributed by atoms with Gasteiger partial charge in [0.25, 0.3) is 0 Å². The summed E-state index contributed by atoms with van der Waals surface area (Å²) < 4.78 is 5.30. The Morgan fingerprint density at radius 2 is 2.06 bits per heavy atom. The SMILES string of the molecule is CC(C)(CN)CNC(=O)CCC1CCOCC1. The van der Waals surface area contributed by atoms with E-state index in [2.05, 4.69) is 19.2 Å². The van der Waals surface area contributed by atoms with Crippen molar-refractivity contribution in [2.24, 2.45) is 17.1 Å². The second kappa shape index (κ2) is 6.97. The first kappa shape index (κ1) is 14.5. The molecule has 0 spiro atoms. The number of hydrogen-bond donors (Lipinski definition) is 2. The van der Waals surface area contributed by atoms with Gasteiger partial charge in [-0.1, -0.05) is 13.8 Å². The predicted octanol–water partition coefficient (Wildman–Crippen LogP) is 1.29. The van der Waals surface area contributed by atoms with Gasteiger partial charge in [-0.2, -0.15) is 0 Å². The molecule has 0 saturated carbocycles. The zero-order valence-corrected chi connectivity index (χ0v) is 11.1. The highest BCUT2D eigenvalue weighted by Gasteiger charge is 2.18. The molecule has 0 radical (unpaired) electrons. The molecule has 17 heavy (non-hydrogen) atoms. The van der Waals surface area contributed by atoms with Crippen molar-refractivity contribution in [2.45, 2.75) is 39.5 Å². The number of ether oxygens (including phenoxy) is 1. The van der Waals surface area contributed by atoms with Crippen LogP contribution in [0.1, 0.15) is 39.5 Å². The third-order valence-electron chi connectivity index (χ3n) is 3.44. The molecule has 1 fully saturated rings. The van der Waals surface area contributed by atoms with Gasteiger partial charge in [0.05, 0.1) is 0 Å². The van der Waals surface area contributed by atoms with Crippen LogP contribution in [0.25, 0.3) is 0 Å². The van der Waals surface area contributed by atoms with Crippen LogP contribution in [0, 0.1) is 11.3 Å². The third kappa shape index (κ3) is 6.03. The van der Waals surface area contributed by atoms with Crippen molar-refractivity contribution < 1.29 is 9.53 Å². The Morgan fingerprint density at radius 3 is 2.65 bits per heavy atom. The highest BCUT2D eigenvalue weighted by Crippen LogP contribution is 2.19. The van der Waals surface area contributed by atoms with Crippen LogP contribution < -0.4 is 11.1 Å². The molecule has 4 nitrogen and oxygen atoms in total. The Hall–Kier alpha value is -0.610. The van der Waals surface area contributed by atoms with E-state index < -0.39 is 0 Å². The topological polar surface area (TPSA) is 64.3 Å². The van der Waals surface area contributed by atoms with Gasteiger partial charge >= 0.3 is 0 Å². The zero-order chi connectivity index (χ0) is 12.7. The summed E-state index contributed by atoms with van der Waals surface area (Å²) in [6.07, 6.45) is 3.81. The molecule has 0 aromatic heterocycles. The van der Waals surface area contributed by atoms with E-state index in [0.717, 1.165) is 32.5 Å². The van der Waals surface area contributed by atoms with Gasteiger partial charge in [0.1, 0.15) is 0 Å². The molecular formula is C13H26N2O2. The summed E-state index contributed by atoms with van der Waals surface area (Å²) in [7, 11) is 0. The minimum atomic E-state index is -0.00562. The molecule has 0 aromatic rings. The maximum Gasteiger partial charge on any atom is 0.220 e. The Bertz CT molecular complexity index is 236. The quantitative estimate of drug-likeness (QED) is 0.738. The Balaban J connectivity index is 2.12. The summed E-state index contributed by atoms with van der Waals surface area (Å²) >= 11 is 0. The second-order valence-electron chi connectivity index (χ2n) is 5.74. The minimum absolute atomic E-state index is 0.00562. The number of carbonyl (C=O) groups is 1. The smallest absolute Gasteiger partial charge is 0.220 e. The Morgan fingerprint density at radius 1 is 1.41 bits per heavy atom. The molecule has 4 heteroatoms. The van der Waals surface area contributed by atoms with Crippen LogP contribution in [-0.4, -0.2) is 32.2 Å². The van der Waals surface area contributed by atoms with E-state index >= 15 is 0 Å². The van der Waals surface area contributed by atoms with Gasteiger partial charge in [0, 0.05) is 26.2 Å². The molecule has 1 aliphatic rings. The highest BCUT2D eigenvalue weighted by atomic mass is 16.5. The number of nitrogens with one attached hydrogen (secondary N) is 1. The van der Waals surface area contributed by atoms with E-state index in [1.807, 2.05) is 0 Å². The van der Waals surface area contributed by atoms with Crippen molar-refractivity contribution in [2.75, 3.05) is 26.3 Å². The summed E-state index contributed by atoms with van der Waals surface area (Å²) in [5, 5.41) is 2.96. The van der Waals surface area contributed by atoms with E-state index in [9.17, 15) is 4.79 Å². The first-order chi connectivity index (χ1) is 8.03. The summed E-state index contributed by atoms with van der Waals surface area (Å²) in [4.78, 5) is 11.7. The van der Waals surface area contributed by atoms with Crippen LogP contribution >= 0.6 is 0 Å². The molecule has 0 aromatic carbocycles. The van der Waals surface area contributed by atoms with Gasteiger partial charge < -0.3 is 15.8 Å². The standard InChI is InChI=1S/C13H26N2O2/c1-13(2,9-14)10-15-12(16)4-3-11-5-7-17-8-6-11/h11H,3-10,14H2,1-2H3,(H,15,16). The largest absolute Gasteiger partial charge is 0.381 e. The van der Waals surface area contributed by atoms with Crippen LogP contribution in [0.2, 0.25) is 0 Å². The van der Waals surface area contributed by atoms with Crippen LogP contribution in [0.15, 0.2) is 0 Å². The molecule has 100 valence electrons. The average molecular weight is 242 g/mol. The summed E-state index contributed by atoms with van der Waals surface area (Å²) in [6.45, 7) is 7.08. The van der Waals surface area contributed by atoms with Gasteiger partial charge in [-0.25, -0.2) is 0 Å². The second-order valence-corrected chi connectivity index (χ2v) is 5.74. The summed E-state index contributed by atoms with van der Waals surface area (Å²) in [5.74, 6) is 0.815. The number of carbonyl (C=O) groups excluding carboxylic acids is 1. The van der Waals surface area contributed by atoms with Crippen molar-refractivity contribution in [3.05, 3.63) is 0 Å². The summed E-state index contributed by atoms with van der Waals surface area (Å²) in [6, 6.07) is 0. The van der Waals surface area contributed by atoms with Gasteiger partial charge in [0.2, 0.25) is 5.91 Å². The van der Waals surface area contributed by atoms with Gasteiger partial charge in [0.15, 0.2) is 0 Å². The Kier molecular flexibility index (Phi) is 5.92. The fourth-order valence-corrected chi connectivity index (χ4v) is 1.87. The van der Waals surface area contributed by atoms with Crippen LogP contribution in [0.4, 0.5) is 0 Å². The number of rotatable bonds is 6. The molecule has 3 N–H and O–H groups in total. The van der Waals surface area contributed by atoms with Gasteiger partial charge in [-0.05, 0) is 37.1 Å². The van der Waals surface area contributed by atoms with Crippen molar-refractivity contribution in [3.63, 3.8) is 0 Å². The van der Waals surface area contributed by atoms with Gasteiger partial charge in [-0.3, -0.25) is 4.79 Å². The zero-order valence-electron chi connectivity index (χ0n) is 11.1. The monoisotopic (exact) mass is 242 g/mol. The fraction of sp³-hybridized carbons (Fsp3) is 0.923. The van der Waals surface area contributed by atoms with E-state index in [0.29, 0.717) is 25.4 Å². The molecule has 1 aliphatic heterocycles. The maximum absolute atomic E-state index is 11.7. The van der Waals surface area contributed by atoms with Crippen molar-refractivity contribution in [1.82, 2.24) is 5.32 Å². The summed E-state index contributed by atoms with van der Waals surface area (Å²) in [5.41, 5.74) is 5.61. The van der Waals surface area contributed by atoms with E-state index in [4.69, 9.17) is 10.5 Å². The predicted molar refractivity (Wildman–Crippen MR) is 68.6 cm³/mol. The molecule has 0 bridgehead atoms. The molecule has 1 amide bonds. The van der Waals surface area contributed by atoms with Crippen molar-refractivity contribution in [3.8, 4) is 0 Å². The van der Waals surface area contributed by atoms with Crippen molar-refractivity contribution in [1.29, 1.82) is 0 Å². The molecule has 0 unspecified atom stereocenters. The molecule has 0 aliphatic carbocycles.